The van der Waals surface area contributed by atoms with Gasteiger partial charge in [0.1, 0.15) is 11.1 Å². The summed E-state index contributed by atoms with van der Waals surface area (Å²) in [5.41, 5.74) is 6.17. The van der Waals surface area contributed by atoms with E-state index in [9.17, 15) is 19.8 Å². The second-order valence-corrected chi connectivity index (χ2v) is 7.74. The molecule has 2 aliphatic heterocycles. The number of fused-ring (bicyclic) bond motifs is 1. The first-order valence-electron chi connectivity index (χ1n) is 7.30. The molecule has 4 atom stereocenters. The minimum absolute atomic E-state index is 0.00858. The lowest BCUT2D eigenvalue weighted by molar-refractivity contribution is -0.156. The van der Waals surface area contributed by atoms with Gasteiger partial charge in [-0.2, -0.15) is 11.8 Å². The fourth-order valence-electron chi connectivity index (χ4n) is 2.81. The molecule has 6 nitrogen and oxygen atoms in total. The molecular formula is C14H22N2O4S2. The van der Waals surface area contributed by atoms with Crippen LogP contribution in [0.25, 0.3) is 0 Å². The minimum atomic E-state index is -1.12. The molecule has 2 heterocycles. The van der Waals surface area contributed by atoms with Crippen LogP contribution in [0.5, 0.6) is 0 Å². The topological polar surface area (TPSA) is 104 Å². The van der Waals surface area contributed by atoms with Crippen LogP contribution in [-0.2, 0) is 9.59 Å². The largest absolute Gasteiger partial charge is 0.477 e. The molecule has 1 fully saturated rings. The summed E-state index contributed by atoms with van der Waals surface area (Å²) in [7, 11) is 0. The summed E-state index contributed by atoms with van der Waals surface area (Å²) in [5.74, 6) is -0.931. The molecule has 22 heavy (non-hydrogen) atoms. The molecule has 0 aromatic carbocycles. The van der Waals surface area contributed by atoms with E-state index in [1.807, 2.05) is 6.26 Å². The van der Waals surface area contributed by atoms with E-state index in [2.05, 4.69) is 0 Å². The third kappa shape index (κ3) is 3.15. The maximum atomic E-state index is 12.1. The van der Waals surface area contributed by atoms with Gasteiger partial charge in [0, 0.05) is 10.9 Å². The van der Waals surface area contributed by atoms with Gasteiger partial charge in [-0.15, -0.1) is 0 Å². The van der Waals surface area contributed by atoms with E-state index in [1.54, 1.807) is 18.7 Å². The minimum Gasteiger partial charge on any atom is -0.477 e. The molecule has 4 N–H and O–H groups in total. The van der Waals surface area contributed by atoms with Crippen molar-refractivity contribution in [3.05, 3.63) is 10.6 Å². The summed E-state index contributed by atoms with van der Waals surface area (Å²) in [6.07, 6.45) is 3.93. The van der Waals surface area contributed by atoms with Crippen LogP contribution in [0.4, 0.5) is 0 Å². The maximum absolute atomic E-state index is 12.1. The van der Waals surface area contributed by atoms with E-state index in [4.69, 9.17) is 5.73 Å². The molecular weight excluding hydrogens is 324 g/mol. The zero-order valence-electron chi connectivity index (χ0n) is 12.7. The summed E-state index contributed by atoms with van der Waals surface area (Å²) < 4.78 is 0. The number of aliphatic hydroxyl groups excluding tert-OH is 1. The highest BCUT2D eigenvalue weighted by Crippen LogP contribution is 2.51. The number of unbranched alkanes of at least 4 members (excludes halogenated alkanes) is 1. The van der Waals surface area contributed by atoms with Crippen LogP contribution >= 0.6 is 23.5 Å². The second kappa shape index (κ2) is 7.25. The van der Waals surface area contributed by atoms with Crippen LogP contribution in [0.2, 0.25) is 0 Å². The van der Waals surface area contributed by atoms with E-state index in [-0.39, 0.29) is 23.0 Å². The highest BCUT2D eigenvalue weighted by Gasteiger charge is 2.58. The van der Waals surface area contributed by atoms with Gasteiger partial charge < -0.3 is 15.9 Å². The predicted molar refractivity (Wildman–Crippen MR) is 88.3 cm³/mol. The monoisotopic (exact) mass is 346 g/mol. The summed E-state index contributed by atoms with van der Waals surface area (Å²) in [6, 6.07) is -0.369. The fraction of sp³-hybridized carbons (Fsp3) is 0.714. The predicted octanol–water partition coefficient (Wildman–Crippen LogP) is 1.06. The van der Waals surface area contributed by atoms with Gasteiger partial charge in [-0.1, -0.05) is 18.2 Å². The van der Waals surface area contributed by atoms with Crippen molar-refractivity contribution < 1.29 is 19.8 Å². The number of amides is 1. The average molecular weight is 346 g/mol. The van der Waals surface area contributed by atoms with Gasteiger partial charge in [-0.25, -0.2) is 4.79 Å². The van der Waals surface area contributed by atoms with Crippen molar-refractivity contribution in [1.29, 1.82) is 0 Å². The molecule has 0 aromatic heterocycles. The lowest BCUT2D eigenvalue weighted by atomic mass is 9.92. The summed E-state index contributed by atoms with van der Waals surface area (Å²) >= 11 is 3.10. The number of carboxylic acid groups (broad SMARTS) is 1. The molecule has 2 aliphatic rings. The third-order valence-electron chi connectivity index (χ3n) is 3.98. The van der Waals surface area contributed by atoms with Crippen LogP contribution in [-0.4, -0.2) is 56.5 Å². The summed E-state index contributed by atoms with van der Waals surface area (Å²) in [5, 5.41) is 18.8. The van der Waals surface area contributed by atoms with Crippen molar-refractivity contribution in [3.8, 4) is 0 Å². The summed E-state index contributed by atoms with van der Waals surface area (Å²) in [4.78, 5) is 25.4. The lowest BCUT2D eigenvalue weighted by Gasteiger charge is -2.43. The first kappa shape index (κ1) is 17.7. The van der Waals surface area contributed by atoms with E-state index < -0.39 is 18.0 Å². The number of nitrogens with two attached hydrogens (primary N) is 1. The number of hydrogen-bond acceptors (Lipinski definition) is 6. The summed E-state index contributed by atoms with van der Waals surface area (Å²) in [6.45, 7) is 1.56. The highest BCUT2D eigenvalue weighted by atomic mass is 32.2. The van der Waals surface area contributed by atoms with Crippen molar-refractivity contribution in [2.24, 2.45) is 11.7 Å². The normalized spacial score (nSPS) is 26.7. The average Bonchev–Trinajstić information content (AvgIpc) is 2.78. The number of carboxylic acids is 1. The number of hydrogen-bond donors (Lipinski definition) is 3. The van der Waals surface area contributed by atoms with Crippen molar-refractivity contribution in [1.82, 2.24) is 4.90 Å². The molecule has 0 radical (unpaired) electrons. The number of carbonyl (C=O) groups is 2. The number of aliphatic carboxylic acids is 1. The molecule has 1 amide bonds. The molecule has 8 heteroatoms. The molecule has 0 saturated carbocycles. The van der Waals surface area contributed by atoms with E-state index in [0.29, 0.717) is 11.3 Å². The molecule has 1 unspecified atom stereocenters. The lowest BCUT2D eigenvalue weighted by Crippen LogP contribution is -2.60. The zero-order chi connectivity index (χ0) is 16.4. The van der Waals surface area contributed by atoms with Gasteiger partial charge in [0.05, 0.1) is 12.0 Å². The Balaban J connectivity index is 2.09. The molecule has 124 valence electrons. The number of carbonyl (C=O) groups excluding carboxylic acids is 1. The standard InChI is InChI=1S/C14H22N2O4S2/c1-7(17)9-12(18)16-10(14(19)20)11(22-13(9)16)8(15)5-3-4-6-21-2/h7-9,13,17H,3-6,15H2,1-2H3,(H,19,20)/t7?,8-,9+,13-/m1/s1. The number of thioether (sulfide) groups is 2. The van der Waals surface area contributed by atoms with Crippen LogP contribution in [0.15, 0.2) is 10.6 Å². The first-order chi connectivity index (χ1) is 10.4. The molecule has 0 bridgehead atoms. The van der Waals surface area contributed by atoms with Crippen LogP contribution in [0.1, 0.15) is 26.2 Å². The van der Waals surface area contributed by atoms with Gasteiger partial charge in [-0.05, 0) is 31.8 Å². The number of aliphatic hydroxyl groups is 1. The molecule has 2 rings (SSSR count). The van der Waals surface area contributed by atoms with E-state index in [1.165, 1.54) is 16.7 Å². The molecule has 1 saturated heterocycles. The van der Waals surface area contributed by atoms with E-state index in [0.717, 1.165) is 18.6 Å². The zero-order valence-corrected chi connectivity index (χ0v) is 14.3. The maximum Gasteiger partial charge on any atom is 0.353 e. The third-order valence-corrected chi connectivity index (χ3v) is 6.17. The molecule has 0 aliphatic carbocycles. The Kier molecular flexibility index (Phi) is 5.81. The van der Waals surface area contributed by atoms with Crippen molar-refractivity contribution in [2.45, 2.75) is 43.7 Å². The van der Waals surface area contributed by atoms with Gasteiger partial charge in [-0.3, -0.25) is 9.69 Å². The van der Waals surface area contributed by atoms with Gasteiger partial charge in [0.25, 0.3) is 0 Å². The number of nitrogens with zero attached hydrogens (tertiary/aromatic N) is 1. The Morgan fingerprint density at radius 3 is 2.73 bits per heavy atom. The Hall–Kier alpha value is -0.700. The van der Waals surface area contributed by atoms with Crippen LogP contribution in [0, 0.1) is 5.92 Å². The Labute approximate surface area is 138 Å². The molecule has 0 spiro atoms. The van der Waals surface area contributed by atoms with Crippen LogP contribution < -0.4 is 5.73 Å². The first-order valence-corrected chi connectivity index (χ1v) is 9.57. The number of β-lactam (4-membered cyclic amide) rings is 1. The Morgan fingerprint density at radius 1 is 1.50 bits per heavy atom. The smallest absolute Gasteiger partial charge is 0.353 e. The highest BCUT2D eigenvalue weighted by molar-refractivity contribution is 8.04. The Morgan fingerprint density at radius 2 is 2.18 bits per heavy atom. The van der Waals surface area contributed by atoms with Gasteiger partial charge in [0.2, 0.25) is 5.91 Å². The van der Waals surface area contributed by atoms with Crippen molar-refractivity contribution in [2.75, 3.05) is 12.0 Å². The Bertz CT molecular complexity index is 495. The second-order valence-electron chi connectivity index (χ2n) is 5.60. The van der Waals surface area contributed by atoms with Crippen molar-refractivity contribution >= 4 is 35.4 Å². The van der Waals surface area contributed by atoms with Gasteiger partial charge >= 0.3 is 5.97 Å². The fourth-order valence-corrected chi connectivity index (χ4v) is 4.96. The van der Waals surface area contributed by atoms with E-state index >= 15 is 0 Å². The van der Waals surface area contributed by atoms with Crippen LogP contribution in [0.3, 0.4) is 0 Å². The number of rotatable bonds is 8. The molecule has 0 aromatic rings. The SMILES string of the molecule is CSCCCC[C@@H](N)C1=C(C(=O)O)N2C(=O)[C@H](C(C)O)[C@H]2S1. The van der Waals surface area contributed by atoms with Gasteiger partial charge in [0.15, 0.2) is 0 Å². The quantitative estimate of drug-likeness (QED) is 0.446. The van der Waals surface area contributed by atoms with Crippen molar-refractivity contribution in [3.63, 3.8) is 0 Å².